The van der Waals surface area contributed by atoms with Gasteiger partial charge in [-0.15, -0.1) is 0 Å². The number of rotatable bonds is 2. The van der Waals surface area contributed by atoms with Gasteiger partial charge in [0.2, 0.25) is 0 Å². The van der Waals surface area contributed by atoms with Crippen molar-refractivity contribution < 1.29 is 4.79 Å². The quantitative estimate of drug-likeness (QED) is 0.696. The highest BCUT2D eigenvalue weighted by molar-refractivity contribution is 5.76. The zero-order valence-corrected chi connectivity index (χ0v) is 6.77. The summed E-state index contributed by atoms with van der Waals surface area (Å²) in [4.78, 5) is 21.0. The van der Waals surface area contributed by atoms with Crippen molar-refractivity contribution in [3.63, 3.8) is 0 Å². The highest BCUT2D eigenvalue weighted by atomic mass is 16.1. The van der Waals surface area contributed by atoms with Gasteiger partial charge < -0.3 is 4.98 Å². The van der Waals surface area contributed by atoms with Crippen LogP contribution < -0.4 is 0 Å². The van der Waals surface area contributed by atoms with Crippen LogP contribution in [0, 0.1) is 0 Å². The summed E-state index contributed by atoms with van der Waals surface area (Å²) >= 11 is 0. The number of nitrogens with one attached hydrogen (secondary N) is 1. The lowest BCUT2D eigenvalue weighted by Gasteiger charge is -1.92. The number of aromatic nitrogens is 3. The number of aromatic amines is 1. The molecule has 2 heterocycles. The van der Waals surface area contributed by atoms with E-state index in [4.69, 9.17) is 0 Å². The van der Waals surface area contributed by atoms with Crippen LogP contribution in [0.3, 0.4) is 0 Å². The largest absolute Gasteiger partial charge is 0.358 e. The lowest BCUT2D eigenvalue weighted by molar-refractivity contribution is 0.111. The Morgan fingerprint density at radius 1 is 1.23 bits per heavy atom. The molecule has 0 aromatic carbocycles. The number of hydrogen-bond acceptors (Lipinski definition) is 3. The molecule has 0 saturated carbocycles. The van der Waals surface area contributed by atoms with E-state index in [1.54, 1.807) is 24.7 Å². The van der Waals surface area contributed by atoms with Crippen molar-refractivity contribution in [2.75, 3.05) is 0 Å². The molecule has 0 unspecified atom stereocenters. The van der Waals surface area contributed by atoms with E-state index in [1.807, 2.05) is 0 Å². The van der Waals surface area contributed by atoms with E-state index in [9.17, 15) is 4.79 Å². The number of H-pyrrole nitrogens is 1. The van der Waals surface area contributed by atoms with Gasteiger partial charge in [-0.3, -0.25) is 4.79 Å². The first kappa shape index (κ1) is 7.67. The first-order chi connectivity index (χ1) is 6.40. The molecule has 0 aliphatic heterocycles. The smallest absolute Gasteiger partial charge is 0.166 e. The van der Waals surface area contributed by atoms with Crippen molar-refractivity contribution in [2.24, 2.45) is 0 Å². The Bertz CT molecular complexity index is 408. The highest BCUT2D eigenvalue weighted by Gasteiger charge is 2.00. The van der Waals surface area contributed by atoms with Crippen LogP contribution in [-0.2, 0) is 0 Å². The van der Waals surface area contributed by atoms with E-state index in [2.05, 4.69) is 15.0 Å². The average molecular weight is 173 g/mol. The summed E-state index contributed by atoms with van der Waals surface area (Å²) < 4.78 is 0. The lowest BCUT2D eigenvalue weighted by Crippen LogP contribution is -1.78. The van der Waals surface area contributed by atoms with Crippen LogP contribution in [0.25, 0.3) is 11.1 Å². The van der Waals surface area contributed by atoms with Crippen molar-refractivity contribution >= 4 is 6.29 Å². The fraction of sp³-hybridized carbons (Fsp3) is 0. The third kappa shape index (κ3) is 1.46. The Morgan fingerprint density at radius 2 is 2.00 bits per heavy atom. The Labute approximate surface area is 74.7 Å². The number of hydrogen-bond donors (Lipinski definition) is 1. The molecule has 0 radical (unpaired) electrons. The van der Waals surface area contributed by atoms with Crippen LogP contribution in [0.1, 0.15) is 10.5 Å². The first-order valence-electron chi connectivity index (χ1n) is 3.79. The van der Waals surface area contributed by atoms with Crippen molar-refractivity contribution in [3.05, 3.63) is 36.7 Å². The van der Waals surface area contributed by atoms with Gasteiger partial charge in [0.25, 0.3) is 0 Å². The third-order valence-electron chi connectivity index (χ3n) is 1.73. The molecular formula is C9H7N3O. The maximum absolute atomic E-state index is 10.4. The molecule has 0 saturated heterocycles. The van der Waals surface area contributed by atoms with Gasteiger partial charge in [0.15, 0.2) is 6.29 Å². The molecule has 2 aromatic heterocycles. The Kier molecular flexibility index (Phi) is 1.88. The van der Waals surface area contributed by atoms with Crippen molar-refractivity contribution in [2.45, 2.75) is 0 Å². The fourth-order valence-electron chi connectivity index (χ4n) is 1.09. The van der Waals surface area contributed by atoms with Gasteiger partial charge in [-0.2, -0.15) is 0 Å². The van der Waals surface area contributed by atoms with Crippen LogP contribution >= 0.6 is 0 Å². The molecule has 0 amide bonds. The third-order valence-corrected chi connectivity index (χ3v) is 1.73. The van der Waals surface area contributed by atoms with E-state index in [0.717, 1.165) is 17.4 Å². The molecule has 2 rings (SSSR count). The van der Waals surface area contributed by atoms with Gasteiger partial charge in [0.1, 0.15) is 6.33 Å². The fourth-order valence-corrected chi connectivity index (χ4v) is 1.09. The molecule has 0 atom stereocenters. The number of carbonyl (C=O) groups excluding carboxylic acids is 1. The summed E-state index contributed by atoms with van der Waals surface area (Å²) in [5, 5.41) is 0. The highest BCUT2D eigenvalue weighted by Crippen LogP contribution is 2.16. The van der Waals surface area contributed by atoms with E-state index in [0.29, 0.717) is 5.69 Å². The number of aldehydes is 1. The molecule has 0 bridgehead atoms. The van der Waals surface area contributed by atoms with Crippen LogP contribution in [0.4, 0.5) is 0 Å². The Balaban J connectivity index is 2.41. The standard InChI is InChI=1S/C9H7N3O/c13-5-9-1-7(4-12-9)8-2-10-6-11-3-8/h1-6,12H. The monoisotopic (exact) mass is 173 g/mol. The average Bonchev–Trinajstić information content (AvgIpc) is 2.67. The number of carbonyl (C=O) groups is 1. The summed E-state index contributed by atoms with van der Waals surface area (Å²) in [5.41, 5.74) is 2.37. The maximum atomic E-state index is 10.4. The zero-order valence-electron chi connectivity index (χ0n) is 6.77. The lowest BCUT2D eigenvalue weighted by atomic mass is 10.2. The molecule has 4 heteroatoms. The van der Waals surface area contributed by atoms with Gasteiger partial charge in [-0.05, 0) is 6.07 Å². The van der Waals surface area contributed by atoms with Gasteiger partial charge in [-0.1, -0.05) is 0 Å². The van der Waals surface area contributed by atoms with Crippen LogP contribution in [0.2, 0.25) is 0 Å². The Morgan fingerprint density at radius 3 is 2.62 bits per heavy atom. The molecule has 0 aliphatic rings. The Hall–Kier alpha value is -1.97. The van der Waals surface area contributed by atoms with Crippen molar-refractivity contribution in [1.82, 2.24) is 15.0 Å². The van der Waals surface area contributed by atoms with Crippen LogP contribution in [0.5, 0.6) is 0 Å². The molecule has 1 N–H and O–H groups in total. The van der Waals surface area contributed by atoms with E-state index in [1.165, 1.54) is 6.33 Å². The van der Waals surface area contributed by atoms with Crippen molar-refractivity contribution in [3.8, 4) is 11.1 Å². The minimum atomic E-state index is 0.554. The van der Waals surface area contributed by atoms with Crippen LogP contribution in [-0.4, -0.2) is 21.2 Å². The minimum Gasteiger partial charge on any atom is -0.358 e. The van der Waals surface area contributed by atoms with Crippen LogP contribution in [0.15, 0.2) is 31.0 Å². The van der Waals surface area contributed by atoms with Gasteiger partial charge >= 0.3 is 0 Å². The molecule has 0 aliphatic carbocycles. The SMILES string of the molecule is O=Cc1cc(-c2cncnc2)c[nH]1. The van der Waals surface area contributed by atoms with E-state index in [-0.39, 0.29) is 0 Å². The molecule has 64 valence electrons. The maximum Gasteiger partial charge on any atom is 0.166 e. The first-order valence-corrected chi connectivity index (χ1v) is 3.79. The second-order valence-electron chi connectivity index (χ2n) is 2.59. The summed E-state index contributed by atoms with van der Waals surface area (Å²) in [6, 6.07) is 1.76. The van der Waals surface area contributed by atoms with Crippen molar-refractivity contribution in [1.29, 1.82) is 0 Å². The van der Waals surface area contributed by atoms with E-state index >= 15 is 0 Å². The predicted octanol–water partition coefficient (Wildman–Crippen LogP) is 1.28. The molecule has 2 aromatic rings. The molecule has 13 heavy (non-hydrogen) atoms. The second-order valence-corrected chi connectivity index (χ2v) is 2.59. The minimum absolute atomic E-state index is 0.554. The predicted molar refractivity (Wildman–Crippen MR) is 47.2 cm³/mol. The molecule has 0 spiro atoms. The normalized spacial score (nSPS) is 9.85. The molecular weight excluding hydrogens is 166 g/mol. The van der Waals surface area contributed by atoms with Gasteiger partial charge in [0, 0.05) is 29.7 Å². The van der Waals surface area contributed by atoms with E-state index < -0.39 is 0 Å². The van der Waals surface area contributed by atoms with Gasteiger partial charge in [-0.25, -0.2) is 9.97 Å². The molecule has 4 nitrogen and oxygen atoms in total. The summed E-state index contributed by atoms with van der Waals surface area (Å²) in [7, 11) is 0. The topological polar surface area (TPSA) is 58.6 Å². The molecule has 0 fully saturated rings. The number of nitrogens with zero attached hydrogens (tertiary/aromatic N) is 2. The zero-order chi connectivity index (χ0) is 9.10. The summed E-state index contributed by atoms with van der Waals surface area (Å²) in [5.74, 6) is 0. The second kappa shape index (κ2) is 3.18. The van der Waals surface area contributed by atoms with Gasteiger partial charge in [0.05, 0.1) is 5.69 Å². The summed E-state index contributed by atoms with van der Waals surface area (Å²) in [6.45, 7) is 0. The summed E-state index contributed by atoms with van der Waals surface area (Å²) in [6.07, 6.45) is 7.39.